The minimum absolute atomic E-state index is 0.0483. The summed E-state index contributed by atoms with van der Waals surface area (Å²) in [6.45, 7) is 3.54. The molecule has 1 N–H and O–H groups in total. The number of nitrogens with one attached hydrogen (secondary N) is 1. The number of thiophene rings is 1. The summed E-state index contributed by atoms with van der Waals surface area (Å²) in [6, 6.07) is 11.6. The van der Waals surface area contributed by atoms with Crippen LogP contribution in [0.4, 0.5) is 5.00 Å². The number of anilines is 1. The molecule has 1 fully saturated rings. The van der Waals surface area contributed by atoms with Crippen LogP contribution in [0.3, 0.4) is 0 Å². The minimum atomic E-state index is -0.0483. The Kier molecular flexibility index (Phi) is 6.46. The van der Waals surface area contributed by atoms with E-state index in [0.717, 1.165) is 49.9 Å². The molecule has 2 heterocycles. The van der Waals surface area contributed by atoms with Crippen LogP contribution in [0.2, 0.25) is 0 Å². The summed E-state index contributed by atoms with van der Waals surface area (Å²) in [5.41, 5.74) is 2.52. The van der Waals surface area contributed by atoms with Crippen LogP contribution in [0.25, 0.3) is 0 Å². The van der Waals surface area contributed by atoms with Gasteiger partial charge in [-0.25, -0.2) is 0 Å². The smallest absolute Gasteiger partial charge is 0.253 e. The van der Waals surface area contributed by atoms with E-state index in [1.165, 1.54) is 4.88 Å². The summed E-state index contributed by atoms with van der Waals surface area (Å²) in [7, 11) is 0. The van der Waals surface area contributed by atoms with Crippen molar-refractivity contribution in [2.75, 3.05) is 38.0 Å². The molecule has 1 aliphatic heterocycles. The molecular formula is C23H26N4O2S. The summed E-state index contributed by atoms with van der Waals surface area (Å²) < 4.78 is 0. The summed E-state index contributed by atoms with van der Waals surface area (Å²) in [6.07, 6.45) is 4.61. The second-order valence-corrected chi connectivity index (χ2v) is 8.93. The molecule has 1 aromatic heterocycles. The second kappa shape index (κ2) is 9.41. The number of hydrogen-bond acceptors (Lipinski definition) is 5. The van der Waals surface area contributed by atoms with Gasteiger partial charge in [-0.05, 0) is 43.4 Å². The van der Waals surface area contributed by atoms with Crippen LogP contribution in [0, 0.1) is 11.3 Å². The Labute approximate surface area is 181 Å². The van der Waals surface area contributed by atoms with E-state index in [0.29, 0.717) is 36.6 Å². The summed E-state index contributed by atoms with van der Waals surface area (Å²) in [5.74, 6) is 0.0200. The zero-order valence-corrected chi connectivity index (χ0v) is 17.8. The first-order chi connectivity index (χ1) is 14.7. The van der Waals surface area contributed by atoms with Gasteiger partial charge in [-0.2, -0.15) is 5.26 Å². The highest BCUT2D eigenvalue weighted by Gasteiger charge is 2.24. The quantitative estimate of drug-likeness (QED) is 0.802. The first-order valence-electron chi connectivity index (χ1n) is 10.6. The third-order valence-electron chi connectivity index (χ3n) is 5.87. The van der Waals surface area contributed by atoms with Crippen molar-refractivity contribution in [2.24, 2.45) is 0 Å². The van der Waals surface area contributed by atoms with Crippen molar-refractivity contribution in [1.82, 2.24) is 9.80 Å². The van der Waals surface area contributed by atoms with Crippen LogP contribution < -0.4 is 5.32 Å². The SMILES string of the molecule is N#Cc1c(NC(=O)CCN2CCN(C(=O)c3ccccc3)CC2)sc2c1CCCC2. The minimum Gasteiger partial charge on any atom is -0.336 e. The standard InChI is InChI=1S/C23H26N4O2S/c24-16-19-18-8-4-5-9-20(18)30-22(19)25-21(28)10-11-26-12-14-27(15-13-26)23(29)17-6-2-1-3-7-17/h1-3,6-7H,4-5,8-15H2,(H,25,28). The number of amides is 2. The number of nitrogens with zero attached hydrogens (tertiary/aromatic N) is 3. The number of benzene rings is 1. The summed E-state index contributed by atoms with van der Waals surface area (Å²) in [4.78, 5) is 30.4. The molecule has 4 rings (SSSR count). The average molecular weight is 423 g/mol. The average Bonchev–Trinajstić information content (AvgIpc) is 3.15. The van der Waals surface area contributed by atoms with Crippen LogP contribution in [0.15, 0.2) is 30.3 Å². The highest BCUT2D eigenvalue weighted by atomic mass is 32.1. The summed E-state index contributed by atoms with van der Waals surface area (Å²) in [5, 5.41) is 13.2. The van der Waals surface area contributed by atoms with E-state index in [2.05, 4.69) is 16.3 Å². The van der Waals surface area contributed by atoms with E-state index < -0.39 is 0 Å². The van der Waals surface area contributed by atoms with Crippen LogP contribution in [0.1, 0.15) is 45.6 Å². The number of piperazine rings is 1. The predicted molar refractivity (Wildman–Crippen MR) is 118 cm³/mol. The number of rotatable bonds is 5. The van der Waals surface area contributed by atoms with E-state index >= 15 is 0 Å². The molecule has 0 bridgehead atoms. The van der Waals surface area contributed by atoms with Crippen LogP contribution in [-0.2, 0) is 17.6 Å². The van der Waals surface area contributed by atoms with Gasteiger partial charge in [0.05, 0.1) is 5.56 Å². The molecule has 0 atom stereocenters. The highest BCUT2D eigenvalue weighted by molar-refractivity contribution is 7.16. The van der Waals surface area contributed by atoms with Gasteiger partial charge in [-0.15, -0.1) is 11.3 Å². The van der Waals surface area contributed by atoms with Gasteiger partial charge in [0.15, 0.2) is 0 Å². The first kappa shape index (κ1) is 20.6. The maximum atomic E-state index is 12.5. The van der Waals surface area contributed by atoms with Crippen molar-refractivity contribution in [3.63, 3.8) is 0 Å². The fourth-order valence-electron chi connectivity index (χ4n) is 4.16. The molecule has 0 saturated carbocycles. The topological polar surface area (TPSA) is 76.4 Å². The molecule has 2 amide bonds. The Morgan fingerprint density at radius 1 is 1.07 bits per heavy atom. The highest BCUT2D eigenvalue weighted by Crippen LogP contribution is 2.37. The van der Waals surface area contributed by atoms with Gasteiger partial charge < -0.3 is 10.2 Å². The van der Waals surface area contributed by atoms with Gasteiger partial charge in [-0.3, -0.25) is 14.5 Å². The first-order valence-corrected chi connectivity index (χ1v) is 11.4. The van der Waals surface area contributed by atoms with Crippen molar-refractivity contribution in [3.8, 4) is 6.07 Å². The van der Waals surface area contributed by atoms with Crippen molar-refractivity contribution < 1.29 is 9.59 Å². The molecule has 6 nitrogen and oxygen atoms in total. The number of fused-ring (bicyclic) bond motifs is 1. The largest absolute Gasteiger partial charge is 0.336 e. The van der Waals surface area contributed by atoms with E-state index in [1.807, 2.05) is 35.2 Å². The number of nitriles is 1. The zero-order chi connectivity index (χ0) is 20.9. The zero-order valence-electron chi connectivity index (χ0n) is 17.0. The van der Waals surface area contributed by atoms with Crippen molar-refractivity contribution in [3.05, 3.63) is 51.9 Å². The number of hydrogen-bond donors (Lipinski definition) is 1. The van der Waals surface area contributed by atoms with Gasteiger partial charge >= 0.3 is 0 Å². The van der Waals surface area contributed by atoms with Gasteiger partial charge in [0.1, 0.15) is 11.1 Å². The van der Waals surface area contributed by atoms with Crippen LogP contribution in [-0.4, -0.2) is 54.3 Å². The van der Waals surface area contributed by atoms with Crippen molar-refractivity contribution in [1.29, 1.82) is 5.26 Å². The fraction of sp³-hybridized carbons (Fsp3) is 0.435. The number of carbonyl (C=O) groups is 2. The van der Waals surface area contributed by atoms with E-state index in [1.54, 1.807) is 11.3 Å². The lowest BCUT2D eigenvalue weighted by molar-refractivity contribution is -0.116. The lowest BCUT2D eigenvalue weighted by atomic mass is 9.96. The van der Waals surface area contributed by atoms with Gasteiger partial charge in [0.2, 0.25) is 5.91 Å². The molecule has 7 heteroatoms. The monoisotopic (exact) mass is 422 g/mol. The molecular weight excluding hydrogens is 396 g/mol. The molecule has 2 aliphatic rings. The Hall–Kier alpha value is -2.69. The maximum absolute atomic E-state index is 12.5. The third-order valence-corrected chi connectivity index (χ3v) is 7.08. The molecule has 1 aromatic carbocycles. The lowest BCUT2D eigenvalue weighted by Crippen LogP contribution is -2.49. The van der Waals surface area contributed by atoms with Gasteiger partial charge in [0, 0.05) is 49.6 Å². The number of aryl methyl sites for hydroxylation is 1. The Morgan fingerprint density at radius 3 is 2.53 bits per heavy atom. The Bertz CT molecular complexity index is 956. The van der Waals surface area contributed by atoms with E-state index in [9.17, 15) is 14.9 Å². The molecule has 2 aromatic rings. The molecule has 0 radical (unpaired) electrons. The Balaban J connectivity index is 1.25. The van der Waals surface area contributed by atoms with Crippen molar-refractivity contribution in [2.45, 2.75) is 32.1 Å². The lowest BCUT2D eigenvalue weighted by Gasteiger charge is -2.34. The second-order valence-electron chi connectivity index (χ2n) is 7.82. The van der Waals surface area contributed by atoms with E-state index in [4.69, 9.17) is 0 Å². The van der Waals surface area contributed by atoms with Gasteiger partial charge in [0.25, 0.3) is 5.91 Å². The normalized spacial score (nSPS) is 16.6. The molecule has 0 spiro atoms. The molecule has 30 heavy (non-hydrogen) atoms. The van der Waals surface area contributed by atoms with Gasteiger partial charge in [-0.1, -0.05) is 18.2 Å². The predicted octanol–water partition coefficient (Wildman–Crippen LogP) is 3.29. The van der Waals surface area contributed by atoms with Crippen molar-refractivity contribution >= 4 is 28.2 Å². The molecule has 156 valence electrons. The molecule has 1 saturated heterocycles. The number of carbonyl (C=O) groups excluding carboxylic acids is 2. The molecule has 0 unspecified atom stereocenters. The van der Waals surface area contributed by atoms with E-state index in [-0.39, 0.29) is 11.8 Å². The summed E-state index contributed by atoms with van der Waals surface area (Å²) >= 11 is 1.57. The van der Waals surface area contributed by atoms with Crippen LogP contribution >= 0.6 is 11.3 Å². The fourth-order valence-corrected chi connectivity index (χ4v) is 5.41. The van der Waals surface area contributed by atoms with Crippen LogP contribution in [0.5, 0.6) is 0 Å². The maximum Gasteiger partial charge on any atom is 0.253 e. The molecule has 1 aliphatic carbocycles. The third kappa shape index (κ3) is 4.55. The Morgan fingerprint density at radius 2 is 1.80 bits per heavy atom.